The molecule has 0 spiro atoms. The number of hydrogen-bond donors (Lipinski definition) is 0. The van der Waals surface area contributed by atoms with E-state index in [-0.39, 0.29) is 5.38 Å². The molecule has 0 saturated heterocycles. The van der Waals surface area contributed by atoms with Crippen LogP contribution in [0.5, 0.6) is 0 Å². The van der Waals surface area contributed by atoms with Gasteiger partial charge >= 0.3 is 0 Å². The average molecular weight is 287 g/mol. The van der Waals surface area contributed by atoms with E-state index in [9.17, 15) is 0 Å². The van der Waals surface area contributed by atoms with Crippen molar-refractivity contribution in [3.63, 3.8) is 0 Å². The number of alkyl halides is 1. The molecule has 0 nitrogen and oxygen atoms in total. The molecule has 20 heavy (non-hydrogen) atoms. The molecule has 2 aromatic carbocycles. The van der Waals surface area contributed by atoms with Crippen LogP contribution in [-0.4, -0.2) is 0 Å². The first-order valence-corrected chi connectivity index (χ1v) is 7.91. The lowest BCUT2D eigenvalue weighted by Gasteiger charge is -2.20. The zero-order valence-corrected chi connectivity index (χ0v) is 13.3. The number of hydrogen-bond acceptors (Lipinski definition) is 0. The molecule has 0 aliphatic carbocycles. The average Bonchev–Trinajstić information content (AvgIpc) is 2.53. The van der Waals surface area contributed by atoms with Crippen LogP contribution in [0.15, 0.2) is 48.5 Å². The zero-order valence-electron chi connectivity index (χ0n) is 12.6. The van der Waals surface area contributed by atoms with Gasteiger partial charge in [0.05, 0.1) is 5.38 Å². The van der Waals surface area contributed by atoms with Crippen LogP contribution in [0.25, 0.3) is 0 Å². The summed E-state index contributed by atoms with van der Waals surface area (Å²) in [5, 5.41) is 0.0219. The molecule has 0 aromatic heterocycles. The molecular formula is C19H23Cl. The van der Waals surface area contributed by atoms with Gasteiger partial charge in [-0.25, -0.2) is 0 Å². The van der Waals surface area contributed by atoms with Gasteiger partial charge in [0, 0.05) is 5.92 Å². The van der Waals surface area contributed by atoms with Gasteiger partial charge in [0.1, 0.15) is 0 Å². The van der Waals surface area contributed by atoms with Crippen LogP contribution in [0.4, 0.5) is 0 Å². The molecule has 0 bridgehead atoms. The van der Waals surface area contributed by atoms with Crippen molar-refractivity contribution in [3.05, 3.63) is 70.8 Å². The number of rotatable bonds is 5. The van der Waals surface area contributed by atoms with Crippen molar-refractivity contribution in [1.29, 1.82) is 0 Å². The lowest BCUT2D eigenvalue weighted by Crippen LogP contribution is -2.04. The monoisotopic (exact) mass is 286 g/mol. The lowest BCUT2D eigenvalue weighted by molar-refractivity contribution is 0.730. The van der Waals surface area contributed by atoms with Crippen molar-refractivity contribution in [2.75, 3.05) is 0 Å². The van der Waals surface area contributed by atoms with Crippen molar-refractivity contribution in [2.24, 2.45) is 0 Å². The molecule has 0 aliphatic rings. The Balaban J connectivity index is 2.27. The summed E-state index contributed by atoms with van der Waals surface area (Å²) in [6, 6.07) is 17.2. The largest absolute Gasteiger partial charge is 0.117 e. The van der Waals surface area contributed by atoms with Gasteiger partial charge in [-0.3, -0.25) is 0 Å². The van der Waals surface area contributed by atoms with Gasteiger partial charge in [-0.15, -0.1) is 11.6 Å². The molecular weight excluding hydrogens is 264 g/mol. The summed E-state index contributed by atoms with van der Waals surface area (Å²) in [7, 11) is 0. The summed E-state index contributed by atoms with van der Waals surface area (Å²) < 4.78 is 0. The summed E-state index contributed by atoms with van der Waals surface area (Å²) in [5.74, 6) is 0.315. The fourth-order valence-electron chi connectivity index (χ4n) is 2.71. The topological polar surface area (TPSA) is 0 Å². The maximum absolute atomic E-state index is 6.72. The first-order valence-electron chi connectivity index (χ1n) is 7.48. The van der Waals surface area contributed by atoms with Gasteiger partial charge in [-0.1, -0.05) is 69.3 Å². The Hall–Kier alpha value is -1.27. The van der Waals surface area contributed by atoms with Gasteiger partial charge in [-0.2, -0.15) is 0 Å². The Morgan fingerprint density at radius 1 is 0.850 bits per heavy atom. The van der Waals surface area contributed by atoms with E-state index in [0.29, 0.717) is 5.92 Å². The first-order chi connectivity index (χ1) is 9.67. The normalized spacial score (nSPS) is 14.0. The molecule has 0 fully saturated rings. The smallest absolute Gasteiger partial charge is 0.0651 e. The summed E-state index contributed by atoms with van der Waals surface area (Å²) in [6.45, 7) is 6.62. The van der Waals surface area contributed by atoms with Gasteiger partial charge in [0.15, 0.2) is 0 Å². The molecule has 2 rings (SSSR count). The fraction of sp³-hybridized carbons (Fsp3) is 0.368. The van der Waals surface area contributed by atoms with E-state index in [0.717, 1.165) is 12.8 Å². The molecule has 0 saturated carbocycles. The molecule has 0 N–H and O–H groups in total. The van der Waals surface area contributed by atoms with E-state index in [2.05, 4.69) is 63.2 Å². The lowest BCUT2D eigenvalue weighted by atomic mass is 9.90. The Kier molecular flexibility index (Phi) is 5.25. The summed E-state index contributed by atoms with van der Waals surface area (Å²) in [5.41, 5.74) is 5.39. The van der Waals surface area contributed by atoms with Crippen LogP contribution in [-0.2, 0) is 12.8 Å². The molecule has 106 valence electrons. The number of aryl methyl sites for hydroxylation is 2. The highest BCUT2D eigenvalue weighted by atomic mass is 35.5. The van der Waals surface area contributed by atoms with Crippen LogP contribution < -0.4 is 0 Å². The van der Waals surface area contributed by atoms with E-state index in [1.165, 1.54) is 22.3 Å². The first kappa shape index (κ1) is 15.1. The van der Waals surface area contributed by atoms with Crippen LogP contribution >= 0.6 is 11.6 Å². The zero-order chi connectivity index (χ0) is 14.5. The minimum absolute atomic E-state index is 0.0219. The van der Waals surface area contributed by atoms with Gasteiger partial charge in [0.25, 0.3) is 0 Å². The van der Waals surface area contributed by atoms with E-state index in [1.807, 2.05) is 6.07 Å². The van der Waals surface area contributed by atoms with E-state index < -0.39 is 0 Å². The third-order valence-corrected chi connectivity index (χ3v) is 4.70. The Labute approximate surface area is 127 Å². The highest BCUT2D eigenvalue weighted by Gasteiger charge is 2.18. The van der Waals surface area contributed by atoms with Crippen molar-refractivity contribution in [1.82, 2.24) is 0 Å². The second-order valence-corrected chi connectivity index (χ2v) is 5.81. The fourth-order valence-corrected chi connectivity index (χ4v) is 2.99. The molecule has 0 aliphatic heterocycles. The highest BCUT2D eigenvalue weighted by molar-refractivity contribution is 6.21. The van der Waals surface area contributed by atoms with Crippen LogP contribution in [0, 0.1) is 0 Å². The maximum atomic E-state index is 6.72. The SMILES string of the molecule is CCc1ccc(C(Cl)C(C)c2ccccc2)cc1CC. The van der Waals surface area contributed by atoms with Crippen LogP contribution in [0.3, 0.4) is 0 Å². The molecule has 2 atom stereocenters. The Morgan fingerprint density at radius 3 is 2.10 bits per heavy atom. The van der Waals surface area contributed by atoms with Crippen molar-refractivity contribution in [3.8, 4) is 0 Å². The van der Waals surface area contributed by atoms with Crippen molar-refractivity contribution >= 4 is 11.6 Å². The predicted octanol–water partition coefficient (Wildman–Crippen LogP) is 5.90. The van der Waals surface area contributed by atoms with E-state index >= 15 is 0 Å². The van der Waals surface area contributed by atoms with Crippen LogP contribution in [0.2, 0.25) is 0 Å². The molecule has 2 unspecified atom stereocenters. The van der Waals surface area contributed by atoms with E-state index in [4.69, 9.17) is 11.6 Å². The maximum Gasteiger partial charge on any atom is 0.0651 e. The van der Waals surface area contributed by atoms with Crippen molar-refractivity contribution in [2.45, 2.75) is 44.9 Å². The standard InChI is InChI=1S/C19H23Cl/c1-4-15-11-12-18(13-16(15)5-2)19(20)14(3)17-9-7-6-8-10-17/h6-14,19H,4-5H2,1-3H3. The summed E-state index contributed by atoms with van der Waals surface area (Å²) in [4.78, 5) is 0. The third kappa shape index (κ3) is 3.24. The highest BCUT2D eigenvalue weighted by Crippen LogP contribution is 2.36. The van der Waals surface area contributed by atoms with Gasteiger partial charge in [-0.05, 0) is 35.1 Å². The predicted molar refractivity (Wildman–Crippen MR) is 88.6 cm³/mol. The Bertz CT molecular complexity index is 545. The minimum atomic E-state index is 0.0219. The quantitative estimate of drug-likeness (QED) is 0.601. The van der Waals surface area contributed by atoms with Crippen LogP contribution in [0.1, 0.15) is 54.3 Å². The van der Waals surface area contributed by atoms with Gasteiger partial charge < -0.3 is 0 Å². The number of halogens is 1. The third-order valence-electron chi connectivity index (χ3n) is 4.07. The number of benzene rings is 2. The second-order valence-electron chi connectivity index (χ2n) is 5.34. The molecule has 0 amide bonds. The summed E-state index contributed by atoms with van der Waals surface area (Å²) in [6.07, 6.45) is 2.16. The van der Waals surface area contributed by atoms with Gasteiger partial charge in [0.2, 0.25) is 0 Å². The van der Waals surface area contributed by atoms with E-state index in [1.54, 1.807) is 0 Å². The second kappa shape index (κ2) is 6.95. The molecule has 0 radical (unpaired) electrons. The summed E-state index contributed by atoms with van der Waals surface area (Å²) >= 11 is 6.72. The molecule has 0 heterocycles. The Morgan fingerprint density at radius 2 is 1.50 bits per heavy atom. The van der Waals surface area contributed by atoms with Crippen molar-refractivity contribution < 1.29 is 0 Å². The minimum Gasteiger partial charge on any atom is -0.117 e. The molecule has 2 aromatic rings. The molecule has 1 heteroatoms.